The minimum Gasteiger partial charge on any atom is -0.310 e. The first-order valence-corrected chi connectivity index (χ1v) is 18.7. The van der Waals surface area contributed by atoms with Crippen molar-refractivity contribution in [2.75, 3.05) is 4.90 Å². The number of para-hydroxylation sites is 1. The maximum Gasteiger partial charge on any atom is 0.108 e. The number of aromatic nitrogens is 2. The molecule has 0 unspecified atom stereocenters. The van der Waals surface area contributed by atoms with E-state index < -0.39 is 5.41 Å². The Bertz CT molecular complexity index is 2500. The molecule has 8 aromatic rings. The van der Waals surface area contributed by atoms with Crippen LogP contribution in [0.5, 0.6) is 0 Å². The van der Waals surface area contributed by atoms with Crippen molar-refractivity contribution in [1.82, 2.24) is 9.97 Å². The minimum atomic E-state index is -0.847. The maximum atomic E-state index is 5.57. The number of nitrogens with zero attached hydrogens (tertiary/aromatic N) is 3. The molecule has 1 aliphatic rings. The Kier molecular flexibility index (Phi) is 8.28. The van der Waals surface area contributed by atoms with E-state index in [2.05, 4.69) is 196 Å². The number of hydrogen-bond donors (Lipinski definition) is 0. The molecule has 0 atom stereocenters. The number of aryl methyl sites for hydroxylation is 4. The molecule has 1 aliphatic heterocycles. The van der Waals surface area contributed by atoms with Crippen molar-refractivity contribution in [3.05, 3.63) is 221 Å². The molecule has 0 fully saturated rings. The van der Waals surface area contributed by atoms with Crippen molar-refractivity contribution in [1.29, 1.82) is 0 Å². The zero-order chi connectivity index (χ0) is 36.8. The van der Waals surface area contributed by atoms with Gasteiger partial charge in [0.15, 0.2) is 0 Å². The summed E-state index contributed by atoms with van der Waals surface area (Å²) in [6.07, 6.45) is 1.91. The van der Waals surface area contributed by atoms with Crippen LogP contribution in [0.1, 0.15) is 44.8 Å². The third-order valence-corrected chi connectivity index (χ3v) is 11.1. The normalized spacial score (nSPS) is 12.9. The third-order valence-electron chi connectivity index (χ3n) is 11.1. The molecular formula is C51H41N3. The molecular weight excluding hydrogens is 655 g/mol. The second-order valence-corrected chi connectivity index (χ2v) is 14.4. The zero-order valence-corrected chi connectivity index (χ0v) is 31.1. The monoisotopic (exact) mass is 695 g/mol. The van der Waals surface area contributed by atoms with E-state index in [4.69, 9.17) is 9.97 Å². The molecule has 6 aromatic carbocycles. The molecule has 0 bridgehead atoms. The number of benzene rings is 6. The average Bonchev–Trinajstić information content (AvgIpc) is 3.21. The number of hydrogen-bond acceptors (Lipinski definition) is 3. The van der Waals surface area contributed by atoms with E-state index in [9.17, 15) is 0 Å². The van der Waals surface area contributed by atoms with Crippen LogP contribution >= 0.6 is 0 Å². The summed E-state index contributed by atoms with van der Waals surface area (Å²) >= 11 is 0. The number of fused-ring (bicyclic) bond motifs is 2. The summed E-state index contributed by atoms with van der Waals surface area (Å²) in [5.41, 5.74) is 18.5. The van der Waals surface area contributed by atoms with Gasteiger partial charge in [-0.15, -0.1) is 0 Å². The largest absolute Gasteiger partial charge is 0.310 e. The van der Waals surface area contributed by atoms with Crippen molar-refractivity contribution in [3.8, 4) is 33.5 Å². The first-order valence-electron chi connectivity index (χ1n) is 18.7. The predicted molar refractivity (Wildman–Crippen MR) is 224 cm³/mol. The van der Waals surface area contributed by atoms with Crippen LogP contribution in [-0.2, 0) is 5.41 Å². The first-order chi connectivity index (χ1) is 26.4. The lowest BCUT2D eigenvalue weighted by Gasteiger charge is -2.45. The van der Waals surface area contributed by atoms with Gasteiger partial charge in [0.25, 0.3) is 0 Å². The summed E-state index contributed by atoms with van der Waals surface area (Å²) in [5, 5.41) is 0. The number of pyridine rings is 2. The molecule has 54 heavy (non-hydrogen) atoms. The van der Waals surface area contributed by atoms with Crippen LogP contribution in [0.25, 0.3) is 33.5 Å². The van der Waals surface area contributed by atoms with E-state index in [1.165, 1.54) is 44.5 Å². The van der Waals surface area contributed by atoms with Gasteiger partial charge in [0.2, 0.25) is 0 Å². The smallest absolute Gasteiger partial charge is 0.108 e. The molecule has 3 nitrogen and oxygen atoms in total. The SMILES string of the molecule is Cc1cccc(C)c1-c1ccc2c(c1)N(c1ccccc1)c1cc(-c3c(C)cccc3C)ccc1C2(c1ccccn1)c1cccc(-c2ccccc2)n1. The molecule has 9 rings (SSSR count). The molecule has 0 saturated carbocycles. The Morgan fingerprint density at radius 3 is 1.46 bits per heavy atom. The predicted octanol–water partition coefficient (Wildman–Crippen LogP) is 12.9. The molecule has 0 aliphatic carbocycles. The summed E-state index contributed by atoms with van der Waals surface area (Å²) in [6, 6.07) is 61.1. The molecule has 0 spiro atoms. The second-order valence-electron chi connectivity index (χ2n) is 14.4. The van der Waals surface area contributed by atoms with Crippen LogP contribution in [-0.4, -0.2) is 9.97 Å². The highest BCUT2D eigenvalue weighted by Crippen LogP contribution is 2.58. The minimum absolute atomic E-state index is 0.847. The highest BCUT2D eigenvalue weighted by Gasteiger charge is 2.49. The lowest BCUT2D eigenvalue weighted by atomic mass is 9.65. The van der Waals surface area contributed by atoms with Crippen LogP contribution < -0.4 is 4.90 Å². The third kappa shape index (κ3) is 5.35. The molecule has 0 N–H and O–H groups in total. The lowest BCUT2D eigenvalue weighted by molar-refractivity contribution is 0.679. The zero-order valence-electron chi connectivity index (χ0n) is 31.1. The molecule has 260 valence electrons. The molecule has 2 aromatic heterocycles. The van der Waals surface area contributed by atoms with Crippen LogP contribution in [0.2, 0.25) is 0 Å². The van der Waals surface area contributed by atoms with Crippen LogP contribution in [0.15, 0.2) is 176 Å². The summed E-state index contributed by atoms with van der Waals surface area (Å²) in [7, 11) is 0. The topological polar surface area (TPSA) is 29.0 Å². The maximum absolute atomic E-state index is 5.57. The Labute approximate surface area is 318 Å². The van der Waals surface area contributed by atoms with E-state index in [1.807, 2.05) is 12.3 Å². The van der Waals surface area contributed by atoms with E-state index in [1.54, 1.807) is 0 Å². The van der Waals surface area contributed by atoms with Gasteiger partial charge in [0.05, 0.1) is 28.5 Å². The fraction of sp³-hybridized carbons (Fsp3) is 0.0980. The Morgan fingerprint density at radius 2 is 0.926 bits per heavy atom. The van der Waals surface area contributed by atoms with Gasteiger partial charge < -0.3 is 4.90 Å². The summed E-state index contributed by atoms with van der Waals surface area (Å²) < 4.78 is 0. The molecule has 3 heteroatoms. The summed E-state index contributed by atoms with van der Waals surface area (Å²) in [4.78, 5) is 13.2. The molecule has 0 saturated heterocycles. The van der Waals surface area contributed by atoms with Gasteiger partial charge in [0, 0.05) is 17.4 Å². The molecule has 0 amide bonds. The highest BCUT2D eigenvalue weighted by atomic mass is 15.2. The Hall–Kier alpha value is -6.58. The van der Waals surface area contributed by atoms with Crippen molar-refractivity contribution < 1.29 is 0 Å². The van der Waals surface area contributed by atoms with Gasteiger partial charge in [-0.1, -0.05) is 121 Å². The van der Waals surface area contributed by atoms with Gasteiger partial charge in [-0.3, -0.25) is 9.97 Å². The van der Waals surface area contributed by atoms with Gasteiger partial charge in [-0.2, -0.15) is 0 Å². The van der Waals surface area contributed by atoms with Crippen LogP contribution in [0.3, 0.4) is 0 Å². The van der Waals surface area contributed by atoms with E-state index in [0.29, 0.717) is 0 Å². The van der Waals surface area contributed by atoms with E-state index in [-0.39, 0.29) is 0 Å². The van der Waals surface area contributed by atoms with Crippen molar-refractivity contribution in [3.63, 3.8) is 0 Å². The average molecular weight is 696 g/mol. The van der Waals surface area contributed by atoms with Gasteiger partial charge in [-0.05, 0) is 132 Å². The highest BCUT2D eigenvalue weighted by molar-refractivity contribution is 5.93. The first kappa shape index (κ1) is 33.3. The van der Waals surface area contributed by atoms with Crippen molar-refractivity contribution >= 4 is 17.1 Å². The van der Waals surface area contributed by atoms with Crippen molar-refractivity contribution in [2.24, 2.45) is 0 Å². The fourth-order valence-electron chi connectivity index (χ4n) is 8.73. The van der Waals surface area contributed by atoms with E-state index >= 15 is 0 Å². The lowest BCUT2D eigenvalue weighted by Crippen LogP contribution is -2.39. The number of rotatable bonds is 6. The molecule has 3 heterocycles. The van der Waals surface area contributed by atoms with Crippen molar-refractivity contribution in [2.45, 2.75) is 33.1 Å². The van der Waals surface area contributed by atoms with Gasteiger partial charge in [0.1, 0.15) is 5.41 Å². The van der Waals surface area contributed by atoms with Crippen LogP contribution in [0.4, 0.5) is 17.1 Å². The number of anilines is 3. The second kappa shape index (κ2) is 13.4. The molecule has 0 radical (unpaired) electrons. The Morgan fingerprint density at radius 1 is 0.426 bits per heavy atom. The van der Waals surface area contributed by atoms with Gasteiger partial charge in [-0.25, -0.2) is 0 Å². The van der Waals surface area contributed by atoms with E-state index in [0.717, 1.165) is 50.8 Å². The quantitative estimate of drug-likeness (QED) is 0.173. The Balaban J connectivity index is 1.44. The standard InChI is InChI=1S/C51H41N3/c1-34-16-13-17-35(2)49(34)39-27-29-42-45(32-39)54(41-22-9-6-10-23-41)46-33-40(50-36(3)18-14-19-37(50)4)28-30-43(46)51(42,47-25-11-12-31-52-47)48-26-15-24-44(53-48)38-20-7-5-8-21-38/h5-33H,1-4H3. The fourth-order valence-corrected chi connectivity index (χ4v) is 8.73. The van der Waals surface area contributed by atoms with Gasteiger partial charge >= 0.3 is 0 Å². The van der Waals surface area contributed by atoms with Crippen LogP contribution in [0, 0.1) is 27.7 Å². The summed E-state index contributed by atoms with van der Waals surface area (Å²) in [5.74, 6) is 0. The summed E-state index contributed by atoms with van der Waals surface area (Å²) in [6.45, 7) is 8.83.